The van der Waals surface area contributed by atoms with Gasteiger partial charge in [0.15, 0.2) is 0 Å². The summed E-state index contributed by atoms with van der Waals surface area (Å²) in [6, 6.07) is 24.2. The van der Waals surface area contributed by atoms with Crippen molar-refractivity contribution >= 4 is 5.91 Å². The first-order chi connectivity index (χ1) is 16.0. The molecule has 0 bridgehead atoms. The molecule has 0 spiro atoms. The van der Waals surface area contributed by atoms with Gasteiger partial charge in [0.1, 0.15) is 11.6 Å². The van der Waals surface area contributed by atoms with Gasteiger partial charge in [-0.1, -0.05) is 42.0 Å². The second-order valence-electron chi connectivity index (χ2n) is 7.90. The molecular formula is C27H26FN3O2. The van der Waals surface area contributed by atoms with E-state index < -0.39 is 0 Å². The van der Waals surface area contributed by atoms with E-state index in [2.05, 4.69) is 36.5 Å². The van der Waals surface area contributed by atoms with Crippen molar-refractivity contribution in [1.29, 1.82) is 0 Å². The zero-order valence-electron chi connectivity index (χ0n) is 18.7. The van der Waals surface area contributed by atoms with Crippen LogP contribution in [0.25, 0.3) is 16.9 Å². The molecule has 1 aromatic heterocycles. The van der Waals surface area contributed by atoms with Gasteiger partial charge in [0.2, 0.25) is 5.91 Å². The van der Waals surface area contributed by atoms with Gasteiger partial charge in [0, 0.05) is 24.9 Å². The van der Waals surface area contributed by atoms with Crippen molar-refractivity contribution < 1.29 is 13.9 Å². The summed E-state index contributed by atoms with van der Waals surface area (Å²) in [5.41, 5.74) is 5.65. The number of aryl methyl sites for hydroxylation is 2. The lowest BCUT2D eigenvalue weighted by molar-refractivity contribution is -0.121. The van der Waals surface area contributed by atoms with Crippen LogP contribution in [0.5, 0.6) is 5.75 Å². The van der Waals surface area contributed by atoms with E-state index in [9.17, 15) is 9.18 Å². The van der Waals surface area contributed by atoms with Gasteiger partial charge in [0.05, 0.1) is 24.2 Å². The third kappa shape index (κ3) is 5.66. The second-order valence-corrected chi connectivity index (χ2v) is 7.90. The Morgan fingerprint density at radius 2 is 1.79 bits per heavy atom. The minimum absolute atomic E-state index is 0.102. The number of hydrogen-bond donors (Lipinski definition) is 1. The van der Waals surface area contributed by atoms with Crippen LogP contribution < -0.4 is 10.1 Å². The molecule has 1 N–H and O–H groups in total. The summed E-state index contributed by atoms with van der Waals surface area (Å²) in [4.78, 5) is 12.4. The molecule has 4 aromatic rings. The molecule has 6 heteroatoms. The van der Waals surface area contributed by atoms with Crippen molar-refractivity contribution in [3.63, 3.8) is 0 Å². The number of rotatable bonds is 8. The number of hydrogen-bond acceptors (Lipinski definition) is 3. The fourth-order valence-corrected chi connectivity index (χ4v) is 3.58. The van der Waals surface area contributed by atoms with Crippen molar-refractivity contribution in [1.82, 2.24) is 15.1 Å². The molecule has 33 heavy (non-hydrogen) atoms. The summed E-state index contributed by atoms with van der Waals surface area (Å²) in [7, 11) is 1.64. The predicted molar refractivity (Wildman–Crippen MR) is 127 cm³/mol. The van der Waals surface area contributed by atoms with Crippen LogP contribution in [0.15, 0.2) is 78.9 Å². The van der Waals surface area contributed by atoms with E-state index in [-0.39, 0.29) is 11.7 Å². The molecule has 0 fully saturated rings. The molecule has 168 valence electrons. The fourth-order valence-electron chi connectivity index (χ4n) is 3.58. The zero-order valence-corrected chi connectivity index (χ0v) is 18.7. The Balaban J connectivity index is 1.50. The van der Waals surface area contributed by atoms with Crippen LogP contribution in [0.4, 0.5) is 4.39 Å². The maximum Gasteiger partial charge on any atom is 0.220 e. The van der Waals surface area contributed by atoms with Crippen LogP contribution in [0.2, 0.25) is 0 Å². The average Bonchev–Trinajstić information content (AvgIpc) is 3.26. The van der Waals surface area contributed by atoms with E-state index in [0.717, 1.165) is 34.0 Å². The maximum absolute atomic E-state index is 13.3. The highest BCUT2D eigenvalue weighted by Gasteiger charge is 2.13. The molecule has 1 heterocycles. The van der Waals surface area contributed by atoms with Crippen molar-refractivity contribution in [2.24, 2.45) is 0 Å². The minimum Gasteiger partial charge on any atom is -0.497 e. The Labute approximate surface area is 192 Å². The number of benzene rings is 3. The van der Waals surface area contributed by atoms with Gasteiger partial charge >= 0.3 is 0 Å². The van der Waals surface area contributed by atoms with Crippen LogP contribution in [0.3, 0.4) is 0 Å². The largest absolute Gasteiger partial charge is 0.497 e. The molecule has 3 aromatic carbocycles. The van der Waals surface area contributed by atoms with E-state index in [1.54, 1.807) is 19.2 Å². The van der Waals surface area contributed by atoms with Crippen LogP contribution in [-0.4, -0.2) is 22.8 Å². The molecule has 0 atom stereocenters. The van der Waals surface area contributed by atoms with Gasteiger partial charge in [0.25, 0.3) is 0 Å². The molecule has 0 aliphatic heterocycles. The van der Waals surface area contributed by atoms with Crippen molar-refractivity contribution in [3.05, 3.63) is 102 Å². The smallest absolute Gasteiger partial charge is 0.220 e. The quantitative estimate of drug-likeness (QED) is 0.405. The standard InChI is InChI=1S/C27H26FN3O2/c1-19-6-8-21(9-7-19)26-17-23(30-31(26)24-11-13-25(33-2)14-12-24)10-15-27(32)29-18-20-4-3-5-22(28)16-20/h3-9,11-14,16-17H,10,15,18H2,1-2H3,(H,29,32). The summed E-state index contributed by atoms with van der Waals surface area (Å²) in [6.45, 7) is 2.35. The summed E-state index contributed by atoms with van der Waals surface area (Å²) in [6.07, 6.45) is 0.791. The Morgan fingerprint density at radius 1 is 1.03 bits per heavy atom. The van der Waals surface area contributed by atoms with Crippen molar-refractivity contribution in [2.45, 2.75) is 26.3 Å². The number of aromatic nitrogens is 2. The van der Waals surface area contributed by atoms with Crippen LogP contribution in [0.1, 0.15) is 23.2 Å². The van der Waals surface area contributed by atoms with Gasteiger partial charge in [-0.25, -0.2) is 9.07 Å². The normalized spacial score (nSPS) is 10.8. The Bertz CT molecular complexity index is 1230. The summed E-state index contributed by atoms with van der Waals surface area (Å²) in [5, 5.41) is 7.63. The van der Waals surface area contributed by atoms with Crippen LogP contribution in [-0.2, 0) is 17.8 Å². The predicted octanol–water partition coefficient (Wildman–Crippen LogP) is 5.24. The number of nitrogens with one attached hydrogen (secondary N) is 1. The maximum atomic E-state index is 13.3. The van der Waals surface area contributed by atoms with E-state index >= 15 is 0 Å². The number of carbonyl (C=O) groups is 1. The molecule has 0 aliphatic carbocycles. The number of nitrogens with zero attached hydrogens (tertiary/aromatic N) is 2. The number of ether oxygens (including phenoxy) is 1. The lowest BCUT2D eigenvalue weighted by Gasteiger charge is -2.09. The third-order valence-corrected chi connectivity index (χ3v) is 5.41. The third-order valence-electron chi connectivity index (χ3n) is 5.41. The molecule has 4 rings (SSSR count). The van der Waals surface area contributed by atoms with E-state index in [1.165, 1.54) is 17.7 Å². The number of halogens is 1. The number of amides is 1. The first-order valence-corrected chi connectivity index (χ1v) is 10.8. The summed E-state index contributed by atoms with van der Waals surface area (Å²) < 4.78 is 20.5. The Morgan fingerprint density at radius 3 is 2.48 bits per heavy atom. The summed E-state index contributed by atoms with van der Waals surface area (Å²) in [5.74, 6) is 0.364. The first kappa shape index (κ1) is 22.3. The SMILES string of the molecule is COc1ccc(-n2nc(CCC(=O)NCc3cccc(F)c3)cc2-c2ccc(C)cc2)cc1. The zero-order chi connectivity index (χ0) is 23.2. The highest BCUT2D eigenvalue weighted by Crippen LogP contribution is 2.26. The van der Waals surface area contributed by atoms with Gasteiger partial charge in [-0.3, -0.25) is 4.79 Å². The Hall–Kier alpha value is -3.93. The highest BCUT2D eigenvalue weighted by molar-refractivity contribution is 5.76. The minimum atomic E-state index is -0.311. The van der Waals surface area contributed by atoms with Gasteiger partial charge in [-0.15, -0.1) is 0 Å². The molecule has 0 saturated heterocycles. The van der Waals surface area contributed by atoms with Crippen LogP contribution in [0, 0.1) is 12.7 Å². The van der Waals surface area contributed by atoms with Crippen molar-refractivity contribution in [3.8, 4) is 22.7 Å². The van der Waals surface area contributed by atoms with Gasteiger partial charge in [-0.2, -0.15) is 5.10 Å². The highest BCUT2D eigenvalue weighted by atomic mass is 19.1. The first-order valence-electron chi connectivity index (χ1n) is 10.8. The molecule has 0 unspecified atom stereocenters. The van der Waals surface area contributed by atoms with E-state index in [4.69, 9.17) is 9.84 Å². The van der Waals surface area contributed by atoms with Gasteiger partial charge in [-0.05, 0) is 55.0 Å². The molecule has 5 nitrogen and oxygen atoms in total. The van der Waals surface area contributed by atoms with Crippen LogP contribution >= 0.6 is 0 Å². The number of carbonyl (C=O) groups excluding carboxylic acids is 1. The van der Waals surface area contributed by atoms with Crippen molar-refractivity contribution in [2.75, 3.05) is 7.11 Å². The second kappa shape index (κ2) is 10.1. The monoisotopic (exact) mass is 443 g/mol. The molecular weight excluding hydrogens is 417 g/mol. The topological polar surface area (TPSA) is 56.2 Å². The molecule has 0 saturated carbocycles. The average molecular weight is 444 g/mol. The van der Waals surface area contributed by atoms with E-state index in [0.29, 0.717) is 19.4 Å². The Kier molecular flexibility index (Phi) is 6.83. The van der Waals surface area contributed by atoms with Gasteiger partial charge < -0.3 is 10.1 Å². The molecule has 1 amide bonds. The molecule has 0 aliphatic rings. The summed E-state index contributed by atoms with van der Waals surface area (Å²) >= 11 is 0. The fraction of sp³-hybridized carbons (Fsp3) is 0.185. The van der Waals surface area contributed by atoms with E-state index in [1.807, 2.05) is 35.0 Å². The number of methoxy groups -OCH3 is 1. The lowest BCUT2D eigenvalue weighted by atomic mass is 10.1. The molecule has 0 radical (unpaired) electrons. The lowest BCUT2D eigenvalue weighted by Crippen LogP contribution is -2.23.